The predicted molar refractivity (Wildman–Crippen MR) is 106 cm³/mol. The largest absolute Gasteiger partial charge is 0.277 e. The fourth-order valence-corrected chi connectivity index (χ4v) is 3.74. The van der Waals surface area contributed by atoms with Crippen LogP contribution in [0.1, 0.15) is 44.4 Å². The van der Waals surface area contributed by atoms with Crippen LogP contribution in [-0.2, 0) is 5.41 Å². The number of nitrogens with zero attached hydrogens (tertiary/aromatic N) is 2. The van der Waals surface area contributed by atoms with Crippen molar-refractivity contribution in [3.63, 3.8) is 0 Å². The maximum Gasteiger partial charge on any atom is 0.0729 e. The van der Waals surface area contributed by atoms with E-state index in [0.29, 0.717) is 0 Å². The average molecular weight is 349 g/mol. The van der Waals surface area contributed by atoms with Gasteiger partial charge in [0, 0.05) is 28.1 Å². The summed E-state index contributed by atoms with van der Waals surface area (Å²) >= 11 is 6.29. The summed E-state index contributed by atoms with van der Waals surface area (Å²) in [5.74, 6) is 0. The molecular weight excluding hydrogens is 328 g/mol. The van der Waals surface area contributed by atoms with Crippen LogP contribution >= 0.6 is 11.6 Å². The van der Waals surface area contributed by atoms with Crippen molar-refractivity contribution in [3.05, 3.63) is 76.4 Å². The van der Waals surface area contributed by atoms with Gasteiger partial charge in [0.05, 0.1) is 21.8 Å². The lowest BCUT2D eigenvalue weighted by Gasteiger charge is -2.44. The van der Waals surface area contributed by atoms with E-state index in [0.717, 1.165) is 27.2 Å². The fraction of sp³-hybridized carbons (Fsp3) is 0.273. The third-order valence-electron chi connectivity index (χ3n) is 5.74. The Balaban J connectivity index is 1.97. The van der Waals surface area contributed by atoms with E-state index < -0.39 is 0 Å². The zero-order valence-electron chi connectivity index (χ0n) is 15.0. The molecule has 126 valence electrons. The van der Waals surface area contributed by atoms with E-state index in [-0.39, 0.29) is 11.0 Å². The molecule has 0 saturated heterocycles. The van der Waals surface area contributed by atoms with Crippen LogP contribution < -0.4 is 0 Å². The lowest BCUT2D eigenvalue weighted by Crippen LogP contribution is -2.46. The topological polar surface area (TPSA) is 25.2 Å². The second kappa shape index (κ2) is 5.40. The van der Waals surface area contributed by atoms with Gasteiger partial charge in [-0.3, -0.25) is 9.98 Å². The minimum atomic E-state index is -0.201. The number of hydrogen-bond acceptors (Lipinski definition) is 2. The number of aliphatic imine (C=N–C) groups is 1. The zero-order valence-corrected chi connectivity index (χ0v) is 15.7. The molecule has 0 radical (unpaired) electrons. The lowest BCUT2D eigenvalue weighted by molar-refractivity contribution is 0.303. The van der Waals surface area contributed by atoms with Crippen molar-refractivity contribution in [1.29, 1.82) is 0 Å². The van der Waals surface area contributed by atoms with Gasteiger partial charge in [-0.2, -0.15) is 0 Å². The van der Waals surface area contributed by atoms with E-state index in [1.807, 2.05) is 12.1 Å². The Morgan fingerprint density at radius 1 is 0.920 bits per heavy atom. The summed E-state index contributed by atoms with van der Waals surface area (Å²) in [6.07, 6.45) is 1.75. The molecule has 3 heteroatoms. The van der Waals surface area contributed by atoms with Gasteiger partial charge in [0.25, 0.3) is 0 Å². The Labute approximate surface area is 153 Å². The molecule has 3 aromatic rings. The van der Waals surface area contributed by atoms with E-state index in [9.17, 15) is 0 Å². The van der Waals surface area contributed by atoms with Gasteiger partial charge in [0.2, 0.25) is 0 Å². The number of hydrogen-bond donors (Lipinski definition) is 0. The SMILES string of the molecule is CC1(C)N=C(c2ccc3c(Cl)ccnc3c2)c2ccccc2C1(C)C. The van der Waals surface area contributed by atoms with Gasteiger partial charge in [-0.1, -0.05) is 61.8 Å². The Hall–Kier alpha value is -2.19. The monoisotopic (exact) mass is 348 g/mol. The van der Waals surface area contributed by atoms with E-state index in [4.69, 9.17) is 16.6 Å². The first-order valence-electron chi connectivity index (χ1n) is 8.56. The van der Waals surface area contributed by atoms with Crippen LogP contribution in [0.4, 0.5) is 0 Å². The minimum Gasteiger partial charge on any atom is -0.277 e. The van der Waals surface area contributed by atoms with Gasteiger partial charge >= 0.3 is 0 Å². The fourth-order valence-electron chi connectivity index (χ4n) is 3.52. The normalized spacial score (nSPS) is 17.9. The molecule has 0 fully saturated rings. The molecule has 2 aromatic carbocycles. The molecule has 2 heterocycles. The highest BCUT2D eigenvalue weighted by atomic mass is 35.5. The van der Waals surface area contributed by atoms with Crippen molar-refractivity contribution >= 4 is 28.2 Å². The molecule has 0 spiro atoms. The molecule has 0 amide bonds. The maximum atomic E-state index is 6.29. The van der Waals surface area contributed by atoms with Crippen molar-refractivity contribution in [2.24, 2.45) is 4.99 Å². The average Bonchev–Trinajstić information content (AvgIpc) is 2.58. The molecule has 0 saturated carbocycles. The highest BCUT2D eigenvalue weighted by molar-refractivity contribution is 6.35. The maximum absolute atomic E-state index is 6.29. The Morgan fingerprint density at radius 3 is 2.48 bits per heavy atom. The number of benzene rings is 2. The van der Waals surface area contributed by atoms with Gasteiger partial charge in [0.15, 0.2) is 0 Å². The number of aromatic nitrogens is 1. The van der Waals surface area contributed by atoms with Gasteiger partial charge in [-0.25, -0.2) is 0 Å². The highest BCUT2D eigenvalue weighted by Crippen LogP contribution is 2.43. The predicted octanol–water partition coefficient (Wildman–Crippen LogP) is 5.80. The standard InChI is InChI=1S/C22H21ClN2/c1-21(2)17-8-6-5-7-15(17)20(25-22(21,3)4)14-9-10-16-18(23)11-12-24-19(16)13-14/h5-13H,1-4H3. The van der Waals surface area contributed by atoms with Crippen molar-refractivity contribution in [3.8, 4) is 0 Å². The molecule has 4 rings (SSSR count). The summed E-state index contributed by atoms with van der Waals surface area (Å²) in [4.78, 5) is 9.64. The van der Waals surface area contributed by atoms with Crippen LogP contribution in [0.2, 0.25) is 5.02 Å². The van der Waals surface area contributed by atoms with E-state index in [1.165, 1.54) is 11.1 Å². The van der Waals surface area contributed by atoms with Crippen LogP contribution in [0.25, 0.3) is 10.9 Å². The molecule has 0 unspecified atom stereocenters. The molecule has 0 atom stereocenters. The van der Waals surface area contributed by atoms with Crippen molar-refractivity contribution < 1.29 is 0 Å². The first kappa shape index (κ1) is 16.3. The number of fused-ring (bicyclic) bond motifs is 2. The number of halogens is 1. The molecule has 0 aliphatic carbocycles. The van der Waals surface area contributed by atoms with Crippen LogP contribution in [0.3, 0.4) is 0 Å². The van der Waals surface area contributed by atoms with E-state index in [1.54, 1.807) is 6.20 Å². The van der Waals surface area contributed by atoms with E-state index in [2.05, 4.69) is 69.1 Å². The van der Waals surface area contributed by atoms with Crippen LogP contribution in [-0.4, -0.2) is 16.2 Å². The van der Waals surface area contributed by atoms with Crippen LogP contribution in [0.5, 0.6) is 0 Å². The smallest absolute Gasteiger partial charge is 0.0729 e. The molecule has 1 aliphatic heterocycles. The molecule has 0 bridgehead atoms. The van der Waals surface area contributed by atoms with Crippen molar-refractivity contribution in [2.75, 3.05) is 0 Å². The third kappa shape index (κ3) is 2.39. The van der Waals surface area contributed by atoms with Gasteiger partial charge in [-0.15, -0.1) is 0 Å². The summed E-state index contributed by atoms with van der Waals surface area (Å²) in [7, 11) is 0. The summed E-state index contributed by atoms with van der Waals surface area (Å²) in [6.45, 7) is 8.96. The number of pyridine rings is 1. The minimum absolute atomic E-state index is 0.0362. The first-order valence-corrected chi connectivity index (χ1v) is 8.93. The molecule has 25 heavy (non-hydrogen) atoms. The third-order valence-corrected chi connectivity index (χ3v) is 6.07. The summed E-state index contributed by atoms with van der Waals surface area (Å²) < 4.78 is 0. The van der Waals surface area contributed by atoms with Crippen LogP contribution in [0.15, 0.2) is 59.7 Å². The Bertz CT molecular complexity index is 1020. The summed E-state index contributed by atoms with van der Waals surface area (Å²) in [5.41, 5.74) is 5.31. The van der Waals surface area contributed by atoms with Crippen molar-refractivity contribution in [2.45, 2.75) is 38.6 Å². The van der Waals surface area contributed by atoms with Gasteiger partial charge in [0.1, 0.15) is 0 Å². The molecule has 1 aromatic heterocycles. The molecule has 0 N–H and O–H groups in total. The second-order valence-electron chi connectivity index (χ2n) is 7.71. The Morgan fingerprint density at radius 2 is 1.68 bits per heavy atom. The van der Waals surface area contributed by atoms with Gasteiger partial charge < -0.3 is 0 Å². The van der Waals surface area contributed by atoms with Crippen LogP contribution in [0, 0.1) is 0 Å². The Kier molecular flexibility index (Phi) is 3.52. The molecular formula is C22H21ClN2. The lowest BCUT2D eigenvalue weighted by atomic mass is 9.66. The zero-order chi connectivity index (χ0) is 17.8. The van der Waals surface area contributed by atoms with Crippen molar-refractivity contribution in [1.82, 2.24) is 4.98 Å². The summed E-state index contributed by atoms with van der Waals surface area (Å²) in [6, 6.07) is 16.6. The highest BCUT2D eigenvalue weighted by Gasteiger charge is 2.43. The second-order valence-corrected chi connectivity index (χ2v) is 8.12. The summed E-state index contributed by atoms with van der Waals surface area (Å²) in [5, 5.41) is 1.70. The quantitative estimate of drug-likeness (QED) is 0.546. The first-order chi connectivity index (χ1) is 11.8. The number of rotatable bonds is 1. The van der Waals surface area contributed by atoms with Gasteiger partial charge in [-0.05, 0) is 31.5 Å². The molecule has 2 nitrogen and oxygen atoms in total. The van der Waals surface area contributed by atoms with E-state index >= 15 is 0 Å². The molecule has 1 aliphatic rings.